The topological polar surface area (TPSA) is 88.2 Å². The first-order valence-electron chi connectivity index (χ1n) is 5.46. The normalized spacial score (nSPS) is 11.4. The lowest BCUT2D eigenvalue weighted by Gasteiger charge is -2.14. The summed E-state index contributed by atoms with van der Waals surface area (Å²) in [6, 6.07) is 2.58. The van der Waals surface area contributed by atoms with E-state index in [-0.39, 0.29) is 24.0 Å². The minimum atomic E-state index is -0.792. The van der Waals surface area contributed by atoms with Crippen LogP contribution in [-0.4, -0.2) is 28.6 Å². The van der Waals surface area contributed by atoms with Gasteiger partial charge in [-0.2, -0.15) is 0 Å². The number of ketones is 1. The van der Waals surface area contributed by atoms with Crippen molar-refractivity contribution in [3.63, 3.8) is 0 Å². The van der Waals surface area contributed by atoms with Crippen LogP contribution in [0.5, 0.6) is 0 Å². The molecule has 1 atom stereocenters. The first-order valence-corrected chi connectivity index (χ1v) is 5.46. The Bertz CT molecular complexity index is 445. The van der Waals surface area contributed by atoms with Crippen molar-refractivity contribution in [3.05, 3.63) is 24.5 Å². The number of nitrogens with zero attached hydrogens (tertiary/aromatic N) is 1. The molecule has 1 heterocycles. The first kappa shape index (κ1) is 13.8. The van der Waals surface area contributed by atoms with Gasteiger partial charge in [0.25, 0.3) is 0 Å². The summed E-state index contributed by atoms with van der Waals surface area (Å²) in [6.07, 6.45) is 2.99. The van der Waals surface area contributed by atoms with Gasteiger partial charge in [0.2, 0.25) is 11.8 Å². The lowest BCUT2D eigenvalue weighted by Crippen LogP contribution is -2.41. The number of carbonyl (C=O) groups is 3. The number of anilines is 1. The third-order valence-corrected chi connectivity index (χ3v) is 2.20. The Kier molecular flexibility index (Phi) is 4.98. The number of rotatable bonds is 5. The number of aromatic nitrogens is 1. The van der Waals surface area contributed by atoms with Crippen molar-refractivity contribution in [2.75, 3.05) is 5.32 Å². The summed E-state index contributed by atoms with van der Waals surface area (Å²) in [5, 5.41) is 5.03. The van der Waals surface area contributed by atoms with E-state index in [1.165, 1.54) is 20.0 Å². The van der Waals surface area contributed by atoms with E-state index in [0.717, 1.165) is 0 Å². The maximum absolute atomic E-state index is 11.7. The van der Waals surface area contributed by atoms with Gasteiger partial charge in [0.05, 0.1) is 24.3 Å². The Hall–Kier alpha value is -2.24. The summed E-state index contributed by atoms with van der Waals surface area (Å²) in [6.45, 7) is 2.63. The van der Waals surface area contributed by atoms with Crippen LogP contribution in [0, 0.1) is 0 Å². The molecule has 0 aliphatic rings. The molecule has 2 amide bonds. The molecule has 18 heavy (non-hydrogen) atoms. The van der Waals surface area contributed by atoms with Crippen LogP contribution in [0.25, 0.3) is 0 Å². The molecule has 96 valence electrons. The Labute approximate surface area is 105 Å². The van der Waals surface area contributed by atoms with Crippen molar-refractivity contribution in [1.29, 1.82) is 0 Å². The highest BCUT2D eigenvalue weighted by Crippen LogP contribution is 2.04. The Morgan fingerprint density at radius 1 is 1.33 bits per heavy atom. The smallest absolute Gasteiger partial charge is 0.226 e. The van der Waals surface area contributed by atoms with E-state index in [4.69, 9.17) is 0 Å². The van der Waals surface area contributed by atoms with Gasteiger partial charge in [-0.3, -0.25) is 19.4 Å². The quantitative estimate of drug-likeness (QED) is 0.795. The van der Waals surface area contributed by atoms with E-state index in [2.05, 4.69) is 15.6 Å². The summed E-state index contributed by atoms with van der Waals surface area (Å²) in [5.74, 6) is -0.951. The van der Waals surface area contributed by atoms with E-state index in [9.17, 15) is 14.4 Å². The third-order valence-electron chi connectivity index (χ3n) is 2.20. The molecule has 0 saturated heterocycles. The lowest BCUT2D eigenvalue weighted by atomic mass is 10.1. The number of carbonyl (C=O) groups excluding carboxylic acids is 3. The number of amides is 2. The van der Waals surface area contributed by atoms with Gasteiger partial charge in [-0.15, -0.1) is 0 Å². The largest absolute Gasteiger partial charge is 0.346 e. The molecule has 6 nitrogen and oxygen atoms in total. The number of hydrogen-bond acceptors (Lipinski definition) is 4. The highest BCUT2D eigenvalue weighted by atomic mass is 16.2. The van der Waals surface area contributed by atoms with Crippen molar-refractivity contribution in [3.8, 4) is 0 Å². The van der Waals surface area contributed by atoms with Crippen LogP contribution in [0.3, 0.4) is 0 Å². The Morgan fingerprint density at radius 3 is 2.56 bits per heavy atom. The standard InChI is InChI=1S/C12H15N3O3/c1-8(16)11(14-9(2)17)6-12(18)15-10-4-3-5-13-7-10/h3-5,7,11H,6H2,1-2H3,(H,14,17)(H,15,18)/t11-/m0/s1. The van der Waals surface area contributed by atoms with Crippen LogP contribution in [-0.2, 0) is 14.4 Å². The molecule has 6 heteroatoms. The average Bonchev–Trinajstić information content (AvgIpc) is 2.28. The fourth-order valence-electron chi connectivity index (χ4n) is 1.38. The number of pyridine rings is 1. The number of hydrogen-bond donors (Lipinski definition) is 2. The molecule has 2 N–H and O–H groups in total. The zero-order valence-corrected chi connectivity index (χ0v) is 10.3. The summed E-state index contributed by atoms with van der Waals surface area (Å²) in [4.78, 5) is 37.7. The Morgan fingerprint density at radius 2 is 2.06 bits per heavy atom. The van der Waals surface area contributed by atoms with Gasteiger partial charge < -0.3 is 10.6 Å². The lowest BCUT2D eigenvalue weighted by molar-refractivity contribution is -0.127. The predicted molar refractivity (Wildman–Crippen MR) is 65.8 cm³/mol. The molecule has 0 aliphatic heterocycles. The summed E-state index contributed by atoms with van der Waals surface area (Å²) in [5.41, 5.74) is 0.549. The van der Waals surface area contributed by atoms with Gasteiger partial charge in [-0.05, 0) is 19.1 Å². The van der Waals surface area contributed by atoms with Crippen molar-refractivity contribution in [2.24, 2.45) is 0 Å². The first-order chi connectivity index (χ1) is 8.49. The third kappa shape index (κ3) is 4.73. The minimum absolute atomic E-state index is 0.0934. The molecule has 1 rings (SSSR count). The second-order valence-corrected chi connectivity index (χ2v) is 3.86. The van der Waals surface area contributed by atoms with E-state index in [1.54, 1.807) is 18.3 Å². The van der Waals surface area contributed by atoms with E-state index in [0.29, 0.717) is 5.69 Å². The average molecular weight is 249 g/mol. The van der Waals surface area contributed by atoms with Gasteiger partial charge in [-0.25, -0.2) is 0 Å². The second-order valence-electron chi connectivity index (χ2n) is 3.86. The molecule has 0 unspecified atom stereocenters. The van der Waals surface area contributed by atoms with Crippen LogP contribution >= 0.6 is 0 Å². The zero-order valence-electron chi connectivity index (χ0n) is 10.3. The second kappa shape index (κ2) is 6.48. The van der Waals surface area contributed by atoms with Gasteiger partial charge >= 0.3 is 0 Å². The summed E-state index contributed by atoms with van der Waals surface area (Å²) in [7, 11) is 0. The molecular weight excluding hydrogens is 234 g/mol. The van der Waals surface area contributed by atoms with E-state index < -0.39 is 6.04 Å². The van der Waals surface area contributed by atoms with E-state index in [1.807, 2.05) is 0 Å². The molecule has 0 spiro atoms. The predicted octanol–water partition coefficient (Wildman–Crippen LogP) is 0.504. The van der Waals surface area contributed by atoms with Gasteiger partial charge in [0.1, 0.15) is 0 Å². The number of Topliss-reactive ketones (excluding diaryl/α,β-unsaturated/α-hetero) is 1. The van der Waals surface area contributed by atoms with Crippen LogP contribution in [0.1, 0.15) is 20.3 Å². The summed E-state index contributed by atoms with van der Waals surface area (Å²) < 4.78 is 0. The molecule has 1 aromatic rings. The Balaban J connectivity index is 2.56. The van der Waals surface area contributed by atoms with Crippen molar-refractivity contribution < 1.29 is 14.4 Å². The molecular formula is C12H15N3O3. The van der Waals surface area contributed by atoms with Crippen LogP contribution in [0.4, 0.5) is 5.69 Å². The van der Waals surface area contributed by atoms with Crippen molar-refractivity contribution in [2.45, 2.75) is 26.3 Å². The molecule has 0 radical (unpaired) electrons. The zero-order chi connectivity index (χ0) is 13.5. The maximum atomic E-state index is 11.7. The maximum Gasteiger partial charge on any atom is 0.226 e. The van der Waals surface area contributed by atoms with Crippen LogP contribution in [0.15, 0.2) is 24.5 Å². The molecule has 0 bridgehead atoms. The highest BCUT2D eigenvalue weighted by Gasteiger charge is 2.19. The van der Waals surface area contributed by atoms with E-state index >= 15 is 0 Å². The van der Waals surface area contributed by atoms with Crippen molar-refractivity contribution >= 4 is 23.3 Å². The monoisotopic (exact) mass is 249 g/mol. The SMILES string of the molecule is CC(=O)N[C@@H](CC(=O)Nc1cccnc1)C(C)=O. The molecule has 0 fully saturated rings. The number of nitrogens with one attached hydrogen (secondary N) is 2. The molecule has 0 saturated carbocycles. The summed E-state index contributed by atoms with van der Waals surface area (Å²) >= 11 is 0. The van der Waals surface area contributed by atoms with Crippen LogP contribution in [0.2, 0.25) is 0 Å². The van der Waals surface area contributed by atoms with Crippen LogP contribution < -0.4 is 10.6 Å². The van der Waals surface area contributed by atoms with Crippen molar-refractivity contribution in [1.82, 2.24) is 10.3 Å². The highest BCUT2D eigenvalue weighted by molar-refractivity contribution is 5.96. The molecule has 0 aromatic carbocycles. The van der Waals surface area contributed by atoms with Gasteiger partial charge in [0, 0.05) is 13.1 Å². The minimum Gasteiger partial charge on any atom is -0.346 e. The fraction of sp³-hybridized carbons (Fsp3) is 0.333. The molecule has 1 aromatic heterocycles. The van der Waals surface area contributed by atoms with Gasteiger partial charge in [0.15, 0.2) is 5.78 Å². The molecule has 0 aliphatic carbocycles. The van der Waals surface area contributed by atoms with Gasteiger partial charge in [-0.1, -0.05) is 0 Å². The fourth-order valence-corrected chi connectivity index (χ4v) is 1.38.